The van der Waals surface area contributed by atoms with E-state index < -0.39 is 12.2 Å². The minimum Gasteiger partial charge on any atom is -0.444 e. The van der Waals surface area contributed by atoms with Crippen molar-refractivity contribution in [2.45, 2.75) is 45.8 Å². The van der Waals surface area contributed by atoms with Crippen LogP contribution < -0.4 is 15.4 Å². The molecule has 28 heavy (non-hydrogen) atoms. The molecule has 1 aromatic rings. The second-order valence-electron chi connectivity index (χ2n) is 7.65. The van der Waals surface area contributed by atoms with Crippen molar-refractivity contribution in [3.8, 4) is 5.75 Å². The van der Waals surface area contributed by atoms with E-state index in [4.69, 9.17) is 4.74 Å². The Morgan fingerprint density at radius 3 is 2.32 bits per heavy atom. The lowest BCUT2D eigenvalue weighted by Gasteiger charge is -2.33. The van der Waals surface area contributed by atoms with E-state index in [0.717, 1.165) is 12.8 Å². The quantitative estimate of drug-likeness (QED) is 0.783. The fourth-order valence-electron chi connectivity index (χ4n) is 2.78. The van der Waals surface area contributed by atoms with Crippen molar-refractivity contribution in [1.29, 1.82) is 0 Å². The fourth-order valence-corrected chi connectivity index (χ4v) is 2.78. The molecular formula is C19H27F2N3O4. The van der Waals surface area contributed by atoms with Gasteiger partial charge in [-0.25, -0.2) is 9.59 Å². The molecule has 1 aliphatic heterocycles. The molecular weight excluding hydrogens is 372 g/mol. The van der Waals surface area contributed by atoms with Crippen molar-refractivity contribution in [2.24, 2.45) is 5.92 Å². The maximum atomic E-state index is 12.1. The molecule has 0 atom stereocenters. The number of alkyl halides is 2. The molecule has 1 aromatic carbocycles. The number of anilines is 1. The highest BCUT2D eigenvalue weighted by atomic mass is 19.3. The van der Waals surface area contributed by atoms with Gasteiger partial charge in [0.05, 0.1) is 0 Å². The van der Waals surface area contributed by atoms with Gasteiger partial charge >= 0.3 is 18.7 Å². The number of likely N-dealkylation sites (tertiary alicyclic amines) is 1. The summed E-state index contributed by atoms with van der Waals surface area (Å²) in [7, 11) is 0. The van der Waals surface area contributed by atoms with Gasteiger partial charge in [0.2, 0.25) is 0 Å². The van der Waals surface area contributed by atoms with E-state index >= 15 is 0 Å². The minimum absolute atomic E-state index is 0.0257. The Hall–Kier alpha value is -2.58. The van der Waals surface area contributed by atoms with E-state index in [0.29, 0.717) is 25.3 Å². The largest absolute Gasteiger partial charge is 0.444 e. The second kappa shape index (κ2) is 9.57. The number of piperidine rings is 1. The maximum Gasteiger partial charge on any atom is 0.410 e. The Morgan fingerprint density at radius 2 is 1.79 bits per heavy atom. The summed E-state index contributed by atoms with van der Waals surface area (Å²) in [5.74, 6) is 0.295. The number of carbonyl (C=O) groups excluding carboxylic acids is 2. The van der Waals surface area contributed by atoms with Crippen molar-refractivity contribution in [1.82, 2.24) is 10.2 Å². The number of hydrogen-bond acceptors (Lipinski definition) is 4. The monoisotopic (exact) mass is 399 g/mol. The fraction of sp³-hybridized carbons (Fsp3) is 0.579. The van der Waals surface area contributed by atoms with E-state index in [1.165, 1.54) is 24.3 Å². The maximum absolute atomic E-state index is 12.1. The Balaban J connectivity index is 1.69. The van der Waals surface area contributed by atoms with Crippen LogP contribution in [0.4, 0.5) is 24.1 Å². The summed E-state index contributed by atoms with van der Waals surface area (Å²) in [6.07, 6.45) is 1.24. The van der Waals surface area contributed by atoms with Crippen molar-refractivity contribution in [3.05, 3.63) is 24.3 Å². The highest BCUT2D eigenvalue weighted by Crippen LogP contribution is 2.20. The SMILES string of the molecule is CC(C)(C)OC(=O)N1CCC(CNC(=O)Nc2ccc(OC(F)F)cc2)CC1. The van der Waals surface area contributed by atoms with Crippen LogP contribution in [0.15, 0.2) is 24.3 Å². The molecule has 0 aliphatic carbocycles. The van der Waals surface area contributed by atoms with Gasteiger partial charge in [0.15, 0.2) is 0 Å². The summed E-state index contributed by atoms with van der Waals surface area (Å²) in [5.41, 5.74) is -0.0453. The first-order valence-electron chi connectivity index (χ1n) is 9.20. The van der Waals surface area contributed by atoms with Gasteiger partial charge in [-0.1, -0.05) is 0 Å². The number of benzene rings is 1. The smallest absolute Gasteiger partial charge is 0.410 e. The lowest BCUT2D eigenvalue weighted by molar-refractivity contribution is -0.0498. The standard InChI is InChI=1S/C19H27F2N3O4/c1-19(2,3)28-18(26)24-10-8-13(9-11-24)12-22-17(25)23-14-4-6-15(7-5-14)27-16(20)21/h4-7,13,16H,8-12H2,1-3H3,(H2,22,23,25). The zero-order valence-electron chi connectivity index (χ0n) is 16.3. The molecule has 2 N–H and O–H groups in total. The molecule has 1 fully saturated rings. The molecule has 0 aromatic heterocycles. The van der Waals surface area contributed by atoms with Gasteiger partial charge in [-0.05, 0) is 63.8 Å². The average Bonchev–Trinajstić information content (AvgIpc) is 2.60. The molecule has 0 unspecified atom stereocenters. The normalized spacial score (nSPS) is 15.3. The summed E-state index contributed by atoms with van der Waals surface area (Å²) < 4.78 is 33.9. The summed E-state index contributed by atoms with van der Waals surface area (Å²) in [6.45, 7) is 4.28. The number of halogens is 2. The Kier molecular flexibility index (Phi) is 7.42. The third-order valence-corrected chi connectivity index (χ3v) is 4.15. The first kappa shape index (κ1) is 21.7. The predicted octanol–water partition coefficient (Wildman–Crippen LogP) is 4.06. The Labute approximate surface area is 163 Å². The summed E-state index contributed by atoms with van der Waals surface area (Å²) in [4.78, 5) is 25.7. The molecule has 3 amide bonds. The lowest BCUT2D eigenvalue weighted by atomic mass is 9.97. The number of urea groups is 1. The van der Waals surface area contributed by atoms with E-state index in [1.54, 1.807) is 4.90 Å². The molecule has 0 saturated carbocycles. The number of nitrogens with one attached hydrogen (secondary N) is 2. The van der Waals surface area contributed by atoms with Crippen molar-refractivity contribution >= 4 is 17.8 Å². The van der Waals surface area contributed by atoms with Crippen LogP contribution in [-0.4, -0.2) is 48.9 Å². The molecule has 1 aliphatic rings. The molecule has 0 spiro atoms. The van der Waals surface area contributed by atoms with Gasteiger partial charge in [0, 0.05) is 25.3 Å². The number of carbonyl (C=O) groups is 2. The number of nitrogens with zero attached hydrogens (tertiary/aromatic N) is 1. The van der Waals surface area contributed by atoms with Crippen LogP contribution in [0.3, 0.4) is 0 Å². The molecule has 1 saturated heterocycles. The van der Waals surface area contributed by atoms with Crippen molar-refractivity contribution in [3.63, 3.8) is 0 Å². The molecule has 0 radical (unpaired) electrons. The van der Waals surface area contributed by atoms with Crippen LogP contribution in [0.25, 0.3) is 0 Å². The number of rotatable bonds is 5. The molecule has 1 heterocycles. The second-order valence-corrected chi connectivity index (χ2v) is 7.65. The van der Waals surface area contributed by atoms with E-state index in [2.05, 4.69) is 15.4 Å². The Morgan fingerprint density at radius 1 is 1.18 bits per heavy atom. The lowest BCUT2D eigenvalue weighted by Crippen LogP contribution is -2.44. The molecule has 156 valence electrons. The first-order chi connectivity index (χ1) is 13.1. The van der Waals surface area contributed by atoms with Crippen LogP contribution in [0.2, 0.25) is 0 Å². The summed E-state index contributed by atoms with van der Waals surface area (Å²) >= 11 is 0. The van der Waals surface area contributed by atoms with Crippen LogP contribution in [0.1, 0.15) is 33.6 Å². The number of ether oxygens (including phenoxy) is 2. The van der Waals surface area contributed by atoms with Gasteiger partial charge in [0.25, 0.3) is 0 Å². The van der Waals surface area contributed by atoms with Gasteiger partial charge in [-0.2, -0.15) is 8.78 Å². The van der Waals surface area contributed by atoms with Crippen LogP contribution in [0, 0.1) is 5.92 Å². The zero-order valence-corrected chi connectivity index (χ0v) is 16.3. The summed E-state index contributed by atoms with van der Waals surface area (Å²) in [5, 5.41) is 5.43. The highest BCUT2D eigenvalue weighted by molar-refractivity contribution is 5.89. The van der Waals surface area contributed by atoms with Gasteiger partial charge in [0.1, 0.15) is 11.4 Å². The first-order valence-corrected chi connectivity index (χ1v) is 9.20. The number of amides is 3. The van der Waals surface area contributed by atoms with Gasteiger partial charge in [-0.3, -0.25) is 0 Å². The third-order valence-electron chi connectivity index (χ3n) is 4.15. The molecule has 9 heteroatoms. The zero-order chi connectivity index (χ0) is 20.7. The van der Waals surface area contributed by atoms with Crippen LogP contribution in [-0.2, 0) is 4.74 Å². The predicted molar refractivity (Wildman–Crippen MR) is 101 cm³/mol. The van der Waals surface area contributed by atoms with Crippen molar-refractivity contribution < 1.29 is 27.8 Å². The van der Waals surface area contributed by atoms with Gasteiger partial charge < -0.3 is 25.0 Å². The van der Waals surface area contributed by atoms with E-state index in [-0.39, 0.29) is 23.8 Å². The molecule has 7 nitrogen and oxygen atoms in total. The van der Waals surface area contributed by atoms with E-state index in [9.17, 15) is 18.4 Å². The number of hydrogen-bond donors (Lipinski definition) is 2. The van der Waals surface area contributed by atoms with Crippen LogP contribution >= 0.6 is 0 Å². The topological polar surface area (TPSA) is 79.9 Å². The minimum atomic E-state index is -2.89. The Bertz CT molecular complexity index is 654. The molecule has 2 rings (SSSR count). The van der Waals surface area contributed by atoms with Gasteiger partial charge in [-0.15, -0.1) is 0 Å². The van der Waals surface area contributed by atoms with E-state index in [1.807, 2.05) is 20.8 Å². The summed E-state index contributed by atoms with van der Waals surface area (Å²) in [6, 6.07) is 5.30. The average molecular weight is 399 g/mol. The highest BCUT2D eigenvalue weighted by Gasteiger charge is 2.26. The van der Waals surface area contributed by atoms with Crippen molar-refractivity contribution in [2.75, 3.05) is 25.0 Å². The molecule has 0 bridgehead atoms. The van der Waals surface area contributed by atoms with Crippen LogP contribution in [0.5, 0.6) is 5.75 Å². The third kappa shape index (κ3) is 7.58.